The lowest BCUT2D eigenvalue weighted by Gasteiger charge is -2.19. The van der Waals surface area contributed by atoms with E-state index >= 15 is 0 Å². The van der Waals surface area contributed by atoms with Gasteiger partial charge in [-0.15, -0.1) is 0 Å². The number of hydrogen-bond donors (Lipinski definition) is 1. The molecule has 0 spiro atoms. The van der Waals surface area contributed by atoms with Crippen LogP contribution in [-0.4, -0.2) is 60.1 Å². The maximum atomic E-state index is 12.7. The van der Waals surface area contributed by atoms with Crippen LogP contribution < -0.4 is 4.74 Å². The Morgan fingerprint density at radius 2 is 1.80 bits per heavy atom. The normalized spacial score (nSPS) is 14.7. The second-order valence-electron chi connectivity index (χ2n) is 6.45. The number of aliphatic hydroxyl groups is 1. The molecule has 2 rings (SSSR count). The van der Waals surface area contributed by atoms with Gasteiger partial charge in [0.1, 0.15) is 11.4 Å². The molecule has 1 aromatic carbocycles. The molecule has 0 aliphatic carbocycles. The van der Waals surface area contributed by atoms with E-state index < -0.39 is 0 Å². The number of hydrogen-bond acceptors (Lipinski definition) is 5. The minimum atomic E-state index is -0.321. The lowest BCUT2D eigenvalue weighted by Crippen LogP contribution is -2.34. The zero-order chi connectivity index (χ0) is 18.6. The van der Waals surface area contributed by atoms with Crippen LogP contribution in [0.4, 0.5) is 0 Å². The van der Waals surface area contributed by atoms with Crippen molar-refractivity contribution in [3.05, 3.63) is 35.5 Å². The van der Waals surface area contributed by atoms with E-state index in [1.165, 1.54) is 4.90 Å². The molecular weight excluding hydrogens is 320 g/mol. The Bertz CT molecular complexity index is 665. The zero-order valence-electron chi connectivity index (χ0n) is 15.3. The standard InChI is InChI=1S/C19H26N2O4/c1-5-21-18(23)16(17(19(21)24)20(4)10-11-22)14-6-8-15(9-7-14)25-12-13(2)3/h6-9,13,22H,5,10-12H2,1-4H3. The first-order valence-corrected chi connectivity index (χ1v) is 8.56. The monoisotopic (exact) mass is 346 g/mol. The minimum absolute atomic E-state index is 0.0944. The number of imide groups is 1. The van der Waals surface area contributed by atoms with Gasteiger partial charge >= 0.3 is 0 Å². The molecule has 136 valence electrons. The van der Waals surface area contributed by atoms with Crippen LogP contribution in [0.3, 0.4) is 0 Å². The fourth-order valence-corrected chi connectivity index (χ4v) is 2.71. The van der Waals surface area contributed by atoms with Crippen molar-refractivity contribution in [2.75, 3.05) is 33.4 Å². The molecule has 0 fully saturated rings. The van der Waals surface area contributed by atoms with E-state index in [0.29, 0.717) is 35.9 Å². The Labute approximate surface area is 148 Å². The van der Waals surface area contributed by atoms with Crippen molar-refractivity contribution >= 4 is 17.4 Å². The first kappa shape index (κ1) is 19.0. The van der Waals surface area contributed by atoms with Crippen molar-refractivity contribution in [3.8, 4) is 5.75 Å². The predicted octanol–water partition coefficient (Wildman–Crippen LogP) is 1.75. The Kier molecular flexibility index (Phi) is 6.20. The second kappa shape index (κ2) is 8.16. The van der Waals surface area contributed by atoms with Crippen LogP contribution >= 0.6 is 0 Å². The highest BCUT2D eigenvalue weighted by Crippen LogP contribution is 2.31. The Morgan fingerprint density at radius 1 is 1.16 bits per heavy atom. The third kappa shape index (κ3) is 4.02. The number of benzene rings is 1. The maximum Gasteiger partial charge on any atom is 0.277 e. The molecule has 6 heteroatoms. The summed E-state index contributed by atoms with van der Waals surface area (Å²) in [7, 11) is 1.70. The lowest BCUT2D eigenvalue weighted by atomic mass is 10.0. The van der Waals surface area contributed by atoms with Gasteiger partial charge in [-0.1, -0.05) is 26.0 Å². The van der Waals surface area contributed by atoms with E-state index in [9.17, 15) is 14.7 Å². The number of ether oxygens (including phenoxy) is 1. The van der Waals surface area contributed by atoms with Crippen molar-refractivity contribution in [3.63, 3.8) is 0 Å². The molecule has 0 atom stereocenters. The average Bonchev–Trinajstić information content (AvgIpc) is 2.83. The largest absolute Gasteiger partial charge is 0.493 e. The highest BCUT2D eigenvalue weighted by molar-refractivity contribution is 6.35. The summed E-state index contributed by atoms with van der Waals surface area (Å²) in [4.78, 5) is 28.1. The molecule has 25 heavy (non-hydrogen) atoms. The maximum absolute atomic E-state index is 12.7. The Hall–Kier alpha value is -2.34. The molecule has 0 saturated heterocycles. The fraction of sp³-hybridized carbons (Fsp3) is 0.474. The van der Waals surface area contributed by atoms with Crippen molar-refractivity contribution < 1.29 is 19.4 Å². The first-order valence-electron chi connectivity index (χ1n) is 8.56. The van der Waals surface area contributed by atoms with Crippen LogP contribution in [0.5, 0.6) is 5.75 Å². The van der Waals surface area contributed by atoms with Crippen molar-refractivity contribution in [1.29, 1.82) is 0 Å². The number of amides is 2. The van der Waals surface area contributed by atoms with Gasteiger partial charge in [0.05, 0.1) is 18.8 Å². The second-order valence-corrected chi connectivity index (χ2v) is 6.45. The van der Waals surface area contributed by atoms with E-state index in [0.717, 1.165) is 5.75 Å². The summed E-state index contributed by atoms with van der Waals surface area (Å²) >= 11 is 0. The third-order valence-electron chi connectivity index (χ3n) is 4.00. The molecule has 1 heterocycles. The predicted molar refractivity (Wildman–Crippen MR) is 95.8 cm³/mol. The quantitative estimate of drug-likeness (QED) is 0.726. The Balaban J connectivity index is 2.37. The van der Waals surface area contributed by atoms with Crippen molar-refractivity contribution in [2.24, 2.45) is 5.92 Å². The van der Waals surface area contributed by atoms with Gasteiger partial charge in [0.25, 0.3) is 11.8 Å². The van der Waals surface area contributed by atoms with E-state index in [2.05, 4.69) is 13.8 Å². The van der Waals surface area contributed by atoms with Gasteiger partial charge in [-0.25, -0.2) is 0 Å². The van der Waals surface area contributed by atoms with Gasteiger partial charge in [0.2, 0.25) is 0 Å². The fourth-order valence-electron chi connectivity index (χ4n) is 2.71. The summed E-state index contributed by atoms with van der Waals surface area (Å²) in [6.45, 7) is 7.04. The molecule has 0 saturated carbocycles. The van der Waals surface area contributed by atoms with Gasteiger partial charge in [-0.2, -0.15) is 0 Å². The number of likely N-dealkylation sites (N-methyl/N-ethyl adjacent to an activating group) is 2. The molecule has 0 unspecified atom stereocenters. The summed E-state index contributed by atoms with van der Waals surface area (Å²) in [5, 5.41) is 9.18. The SMILES string of the molecule is CCN1C(=O)C(c2ccc(OCC(C)C)cc2)=C(N(C)CCO)C1=O. The summed E-state index contributed by atoms with van der Waals surface area (Å²) in [6.07, 6.45) is 0. The third-order valence-corrected chi connectivity index (χ3v) is 4.00. The van der Waals surface area contributed by atoms with Crippen LogP contribution in [0.1, 0.15) is 26.3 Å². The Morgan fingerprint density at radius 3 is 2.32 bits per heavy atom. The summed E-state index contributed by atoms with van der Waals surface area (Å²) in [5.41, 5.74) is 1.38. The van der Waals surface area contributed by atoms with E-state index in [1.54, 1.807) is 43.1 Å². The molecule has 0 aromatic heterocycles. The van der Waals surface area contributed by atoms with E-state index in [1.807, 2.05) is 0 Å². The van der Waals surface area contributed by atoms with Crippen LogP contribution in [0, 0.1) is 5.92 Å². The van der Waals surface area contributed by atoms with Crippen LogP contribution in [0.15, 0.2) is 30.0 Å². The summed E-state index contributed by atoms with van der Waals surface area (Å²) in [5.74, 6) is 0.530. The molecule has 0 bridgehead atoms. The zero-order valence-corrected chi connectivity index (χ0v) is 15.3. The number of carbonyl (C=O) groups excluding carboxylic acids is 2. The summed E-state index contributed by atoms with van der Waals surface area (Å²) < 4.78 is 5.67. The van der Waals surface area contributed by atoms with Crippen molar-refractivity contribution in [2.45, 2.75) is 20.8 Å². The highest BCUT2D eigenvalue weighted by Gasteiger charge is 2.39. The van der Waals surface area contributed by atoms with Gasteiger partial charge in [-0.3, -0.25) is 14.5 Å². The lowest BCUT2D eigenvalue weighted by molar-refractivity contribution is -0.137. The molecule has 0 radical (unpaired) electrons. The number of nitrogens with zero attached hydrogens (tertiary/aromatic N) is 2. The molecule has 1 N–H and O–H groups in total. The van der Waals surface area contributed by atoms with Crippen LogP contribution in [0.2, 0.25) is 0 Å². The number of rotatable bonds is 8. The van der Waals surface area contributed by atoms with Gasteiger partial charge in [0.15, 0.2) is 0 Å². The van der Waals surface area contributed by atoms with Crippen molar-refractivity contribution in [1.82, 2.24) is 9.80 Å². The van der Waals surface area contributed by atoms with Crippen LogP contribution in [0.25, 0.3) is 5.57 Å². The topological polar surface area (TPSA) is 70.1 Å². The van der Waals surface area contributed by atoms with Gasteiger partial charge in [-0.05, 0) is 30.5 Å². The van der Waals surface area contributed by atoms with Crippen LogP contribution in [-0.2, 0) is 9.59 Å². The molecule has 6 nitrogen and oxygen atoms in total. The first-order chi connectivity index (χ1) is 11.9. The summed E-state index contributed by atoms with van der Waals surface area (Å²) in [6, 6.07) is 7.20. The smallest absolute Gasteiger partial charge is 0.277 e. The molecule has 2 amide bonds. The van der Waals surface area contributed by atoms with Gasteiger partial charge in [0, 0.05) is 20.1 Å². The number of carbonyl (C=O) groups is 2. The molecule has 1 aromatic rings. The molecule has 1 aliphatic heterocycles. The van der Waals surface area contributed by atoms with E-state index in [-0.39, 0.29) is 25.0 Å². The molecule has 1 aliphatic rings. The van der Waals surface area contributed by atoms with E-state index in [4.69, 9.17) is 4.74 Å². The molecular formula is C19H26N2O4. The number of aliphatic hydroxyl groups excluding tert-OH is 1. The highest BCUT2D eigenvalue weighted by atomic mass is 16.5. The van der Waals surface area contributed by atoms with Gasteiger partial charge < -0.3 is 14.7 Å². The average molecular weight is 346 g/mol. The minimum Gasteiger partial charge on any atom is -0.493 e.